The van der Waals surface area contributed by atoms with Crippen LogP contribution in [-0.4, -0.2) is 38.4 Å². The molecule has 0 saturated carbocycles. The molecule has 2 aromatic carbocycles. The predicted octanol–water partition coefficient (Wildman–Crippen LogP) is 3.72. The number of hydrogen-bond acceptors (Lipinski definition) is 5. The van der Waals surface area contributed by atoms with Crippen molar-refractivity contribution >= 4 is 27.5 Å². The van der Waals surface area contributed by atoms with Gasteiger partial charge < -0.3 is 18.8 Å². The second-order valence-electron chi connectivity index (χ2n) is 6.42. The van der Waals surface area contributed by atoms with E-state index in [1.165, 1.54) is 11.3 Å². The molecule has 0 fully saturated rings. The van der Waals surface area contributed by atoms with Crippen molar-refractivity contribution in [2.75, 3.05) is 27.9 Å². The molecule has 0 N–H and O–H groups in total. The SMILES string of the molecule is COCCn1c(=NC(=O)c2ccc(C)c(C)c2)sc2cc(OC)c(OC)cc21. The number of aromatic nitrogens is 1. The molecule has 0 aliphatic rings. The summed E-state index contributed by atoms with van der Waals surface area (Å²) in [7, 11) is 4.85. The molecule has 0 bridgehead atoms. The van der Waals surface area contributed by atoms with Crippen molar-refractivity contribution in [3.05, 3.63) is 51.8 Å². The number of methoxy groups -OCH3 is 3. The molecular formula is C21H24N2O4S. The van der Waals surface area contributed by atoms with Gasteiger partial charge in [0.1, 0.15) is 0 Å². The van der Waals surface area contributed by atoms with Crippen molar-refractivity contribution in [2.24, 2.45) is 4.99 Å². The molecule has 3 aromatic rings. The van der Waals surface area contributed by atoms with Crippen molar-refractivity contribution in [1.29, 1.82) is 0 Å². The number of nitrogens with zero attached hydrogens (tertiary/aromatic N) is 2. The van der Waals surface area contributed by atoms with Crippen molar-refractivity contribution in [3.63, 3.8) is 0 Å². The minimum Gasteiger partial charge on any atom is -0.493 e. The van der Waals surface area contributed by atoms with Gasteiger partial charge in [0.15, 0.2) is 16.3 Å². The Morgan fingerprint density at radius 3 is 2.39 bits per heavy atom. The first-order valence-corrected chi connectivity index (χ1v) is 9.70. The van der Waals surface area contributed by atoms with E-state index in [-0.39, 0.29) is 5.91 Å². The van der Waals surface area contributed by atoms with Gasteiger partial charge in [0.2, 0.25) is 0 Å². The molecule has 0 atom stereocenters. The maximum atomic E-state index is 12.8. The second kappa shape index (κ2) is 8.58. The van der Waals surface area contributed by atoms with Crippen LogP contribution in [0.5, 0.6) is 11.5 Å². The number of aryl methyl sites for hydroxylation is 2. The quantitative estimate of drug-likeness (QED) is 0.633. The van der Waals surface area contributed by atoms with Crippen LogP contribution in [0.4, 0.5) is 0 Å². The highest BCUT2D eigenvalue weighted by Crippen LogP contribution is 2.33. The van der Waals surface area contributed by atoms with Crippen molar-refractivity contribution in [2.45, 2.75) is 20.4 Å². The van der Waals surface area contributed by atoms with Crippen LogP contribution in [-0.2, 0) is 11.3 Å². The number of rotatable bonds is 6. The summed E-state index contributed by atoms with van der Waals surface area (Å²) in [5, 5.41) is 0. The molecule has 28 heavy (non-hydrogen) atoms. The zero-order valence-electron chi connectivity index (χ0n) is 16.7. The zero-order chi connectivity index (χ0) is 20.3. The van der Waals surface area contributed by atoms with Gasteiger partial charge in [-0.1, -0.05) is 17.4 Å². The van der Waals surface area contributed by atoms with Crippen LogP contribution in [0.15, 0.2) is 35.3 Å². The summed E-state index contributed by atoms with van der Waals surface area (Å²) in [4.78, 5) is 17.8. The molecule has 0 radical (unpaired) electrons. The number of thiazole rings is 1. The Balaban J connectivity index is 2.15. The van der Waals surface area contributed by atoms with Crippen LogP contribution < -0.4 is 14.3 Å². The fraction of sp³-hybridized carbons (Fsp3) is 0.333. The monoisotopic (exact) mass is 400 g/mol. The topological polar surface area (TPSA) is 62.1 Å². The van der Waals surface area contributed by atoms with Crippen LogP contribution in [0.3, 0.4) is 0 Å². The van der Waals surface area contributed by atoms with Crippen LogP contribution in [0.25, 0.3) is 10.2 Å². The van der Waals surface area contributed by atoms with Gasteiger partial charge in [-0.2, -0.15) is 4.99 Å². The molecule has 0 aliphatic heterocycles. The van der Waals surface area contributed by atoms with Gasteiger partial charge in [0.05, 0.1) is 31.0 Å². The molecule has 0 saturated heterocycles. The summed E-state index contributed by atoms with van der Waals surface area (Å²) in [6.45, 7) is 5.09. The average molecular weight is 401 g/mol. The smallest absolute Gasteiger partial charge is 0.279 e. The fourth-order valence-corrected chi connectivity index (χ4v) is 3.97. The Bertz CT molecular complexity index is 1080. The fourth-order valence-electron chi connectivity index (χ4n) is 2.91. The lowest BCUT2D eigenvalue weighted by Gasteiger charge is -2.09. The maximum absolute atomic E-state index is 12.8. The molecule has 0 unspecified atom stereocenters. The normalized spacial score (nSPS) is 11.8. The minimum absolute atomic E-state index is 0.264. The number of fused-ring (bicyclic) bond motifs is 1. The number of benzene rings is 2. The van der Waals surface area contributed by atoms with E-state index in [0.717, 1.165) is 21.3 Å². The van der Waals surface area contributed by atoms with Crippen LogP contribution in [0, 0.1) is 13.8 Å². The second-order valence-corrected chi connectivity index (χ2v) is 7.43. The predicted molar refractivity (Wildman–Crippen MR) is 111 cm³/mol. The first-order chi connectivity index (χ1) is 13.5. The molecule has 7 heteroatoms. The lowest BCUT2D eigenvalue weighted by atomic mass is 10.1. The lowest BCUT2D eigenvalue weighted by molar-refractivity contribution is 0.0997. The van der Waals surface area contributed by atoms with E-state index >= 15 is 0 Å². The van der Waals surface area contributed by atoms with Crippen LogP contribution in [0.1, 0.15) is 21.5 Å². The first kappa shape index (κ1) is 20.1. The molecular weight excluding hydrogens is 376 g/mol. The van der Waals surface area contributed by atoms with Gasteiger partial charge in [-0.15, -0.1) is 0 Å². The van der Waals surface area contributed by atoms with E-state index in [1.807, 2.05) is 48.7 Å². The first-order valence-electron chi connectivity index (χ1n) is 8.89. The van der Waals surface area contributed by atoms with E-state index in [2.05, 4.69) is 4.99 Å². The van der Waals surface area contributed by atoms with Gasteiger partial charge in [0, 0.05) is 31.4 Å². The summed E-state index contributed by atoms with van der Waals surface area (Å²) in [6, 6.07) is 9.44. The summed E-state index contributed by atoms with van der Waals surface area (Å²) in [5.74, 6) is 1.01. The molecule has 0 spiro atoms. The summed E-state index contributed by atoms with van der Waals surface area (Å²) >= 11 is 1.44. The highest BCUT2D eigenvalue weighted by molar-refractivity contribution is 7.16. The summed E-state index contributed by atoms with van der Waals surface area (Å²) in [5.41, 5.74) is 3.72. The van der Waals surface area contributed by atoms with Gasteiger partial charge in [-0.05, 0) is 37.1 Å². The van der Waals surface area contributed by atoms with Crippen LogP contribution in [0.2, 0.25) is 0 Å². The van der Waals surface area contributed by atoms with E-state index in [0.29, 0.717) is 35.0 Å². The Morgan fingerprint density at radius 2 is 1.75 bits per heavy atom. The Morgan fingerprint density at radius 1 is 1.04 bits per heavy atom. The average Bonchev–Trinajstić information content (AvgIpc) is 3.02. The molecule has 1 amide bonds. The third-order valence-electron chi connectivity index (χ3n) is 4.66. The van der Waals surface area contributed by atoms with E-state index < -0.39 is 0 Å². The van der Waals surface area contributed by atoms with Gasteiger partial charge >= 0.3 is 0 Å². The third kappa shape index (κ3) is 3.95. The molecule has 3 rings (SSSR count). The van der Waals surface area contributed by atoms with Crippen molar-refractivity contribution < 1.29 is 19.0 Å². The Labute approximate surface area is 168 Å². The number of ether oxygens (including phenoxy) is 3. The van der Waals surface area contributed by atoms with Crippen molar-refractivity contribution in [3.8, 4) is 11.5 Å². The van der Waals surface area contributed by atoms with Gasteiger partial charge in [-0.25, -0.2) is 0 Å². The van der Waals surface area contributed by atoms with Crippen LogP contribution >= 0.6 is 11.3 Å². The number of carbonyl (C=O) groups is 1. The molecule has 1 aromatic heterocycles. The molecule has 1 heterocycles. The van der Waals surface area contributed by atoms with Crippen molar-refractivity contribution in [1.82, 2.24) is 4.57 Å². The summed E-state index contributed by atoms with van der Waals surface area (Å²) < 4.78 is 19.0. The van der Waals surface area contributed by atoms with Gasteiger partial charge in [0.25, 0.3) is 5.91 Å². The zero-order valence-corrected chi connectivity index (χ0v) is 17.6. The third-order valence-corrected chi connectivity index (χ3v) is 5.70. The molecule has 6 nitrogen and oxygen atoms in total. The number of carbonyl (C=O) groups excluding carboxylic acids is 1. The highest BCUT2D eigenvalue weighted by Gasteiger charge is 2.14. The Hall–Kier alpha value is -2.64. The highest BCUT2D eigenvalue weighted by atomic mass is 32.1. The molecule has 148 valence electrons. The standard InChI is InChI=1S/C21H24N2O4S/c1-13-6-7-15(10-14(13)2)20(24)22-21-23(8-9-25-3)16-11-17(26-4)18(27-5)12-19(16)28-21/h6-7,10-12H,8-9H2,1-5H3. The number of hydrogen-bond donors (Lipinski definition) is 0. The van der Waals surface area contributed by atoms with E-state index in [9.17, 15) is 4.79 Å². The van der Waals surface area contributed by atoms with E-state index in [4.69, 9.17) is 14.2 Å². The largest absolute Gasteiger partial charge is 0.493 e. The maximum Gasteiger partial charge on any atom is 0.279 e. The minimum atomic E-state index is -0.264. The van der Waals surface area contributed by atoms with E-state index in [1.54, 1.807) is 21.3 Å². The molecule has 0 aliphatic carbocycles. The van der Waals surface area contributed by atoms with Gasteiger partial charge in [-0.3, -0.25) is 4.79 Å². The Kier molecular flexibility index (Phi) is 6.16. The lowest BCUT2D eigenvalue weighted by Crippen LogP contribution is -2.19. The summed E-state index contributed by atoms with van der Waals surface area (Å²) in [6.07, 6.45) is 0. The number of amides is 1.